The predicted octanol–water partition coefficient (Wildman–Crippen LogP) is 3.12. The number of thiazole rings is 1. The molecule has 176 valence electrons. The number of esters is 1. The molecular formula is C26H26N2O5S. The summed E-state index contributed by atoms with van der Waals surface area (Å²) in [4.78, 5) is 31.7. The van der Waals surface area contributed by atoms with Gasteiger partial charge < -0.3 is 14.2 Å². The van der Waals surface area contributed by atoms with E-state index in [2.05, 4.69) is 4.99 Å². The summed E-state index contributed by atoms with van der Waals surface area (Å²) in [5, 5.41) is 0. The molecular weight excluding hydrogens is 452 g/mol. The predicted molar refractivity (Wildman–Crippen MR) is 131 cm³/mol. The van der Waals surface area contributed by atoms with Crippen LogP contribution in [0.3, 0.4) is 0 Å². The maximum atomic E-state index is 13.6. The first-order chi connectivity index (χ1) is 16.4. The lowest BCUT2D eigenvalue weighted by Crippen LogP contribution is -2.39. The van der Waals surface area contributed by atoms with Gasteiger partial charge in [-0.2, -0.15) is 0 Å². The average molecular weight is 479 g/mol. The summed E-state index contributed by atoms with van der Waals surface area (Å²) >= 11 is 1.28. The second-order valence-electron chi connectivity index (χ2n) is 7.83. The van der Waals surface area contributed by atoms with E-state index in [0.29, 0.717) is 32.1 Å². The van der Waals surface area contributed by atoms with E-state index in [1.54, 1.807) is 44.8 Å². The van der Waals surface area contributed by atoms with Crippen LogP contribution in [-0.2, 0) is 9.53 Å². The van der Waals surface area contributed by atoms with Crippen molar-refractivity contribution in [3.05, 3.63) is 90.1 Å². The van der Waals surface area contributed by atoms with E-state index in [-0.39, 0.29) is 12.2 Å². The van der Waals surface area contributed by atoms with E-state index in [1.807, 2.05) is 43.3 Å². The number of hydrogen-bond donors (Lipinski definition) is 0. The fraction of sp³-hybridized carbons (Fsp3) is 0.269. The van der Waals surface area contributed by atoms with E-state index >= 15 is 0 Å². The third-order valence-electron chi connectivity index (χ3n) is 5.62. The van der Waals surface area contributed by atoms with Crippen LogP contribution in [0.15, 0.2) is 63.5 Å². The zero-order valence-corrected chi connectivity index (χ0v) is 20.6. The van der Waals surface area contributed by atoms with Crippen LogP contribution in [0, 0.1) is 6.92 Å². The van der Waals surface area contributed by atoms with Gasteiger partial charge in [-0.15, -0.1) is 0 Å². The number of fused-ring (bicyclic) bond motifs is 1. The zero-order valence-electron chi connectivity index (χ0n) is 19.7. The van der Waals surface area contributed by atoms with Crippen LogP contribution in [-0.4, -0.2) is 31.4 Å². The molecule has 7 nitrogen and oxygen atoms in total. The molecule has 0 N–H and O–H groups in total. The van der Waals surface area contributed by atoms with Crippen LogP contribution < -0.4 is 24.4 Å². The Bertz CT molecular complexity index is 1450. The lowest BCUT2D eigenvalue weighted by atomic mass is 9.95. The summed E-state index contributed by atoms with van der Waals surface area (Å²) in [6, 6.07) is 12.6. The van der Waals surface area contributed by atoms with E-state index < -0.39 is 12.0 Å². The molecule has 1 aliphatic heterocycles. The summed E-state index contributed by atoms with van der Waals surface area (Å²) in [5.41, 5.74) is 3.39. The van der Waals surface area contributed by atoms with Crippen molar-refractivity contribution in [3.63, 3.8) is 0 Å². The number of ether oxygens (including phenoxy) is 3. The van der Waals surface area contributed by atoms with Crippen molar-refractivity contribution >= 4 is 23.4 Å². The molecule has 4 rings (SSSR count). The largest absolute Gasteiger partial charge is 0.493 e. The molecule has 0 radical (unpaired) electrons. The summed E-state index contributed by atoms with van der Waals surface area (Å²) in [6.45, 7) is 5.76. The topological polar surface area (TPSA) is 79.1 Å². The number of rotatable bonds is 6. The van der Waals surface area contributed by atoms with Crippen LogP contribution >= 0.6 is 11.3 Å². The quantitative estimate of drug-likeness (QED) is 0.509. The van der Waals surface area contributed by atoms with E-state index in [1.165, 1.54) is 11.3 Å². The van der Waals surface area contributed by atoms with Gasteiger partial charge in [-0.25, -0.2) is 9.79 Å². The van der Waals surface area contributed by atoms with Gasteiger partial charge >= 0.3 is 5.97 Å². The van der Waals surface area contributed by atoms with Crippen LogP contribution in [0.2, 0.25) is 0 Å². The van der Waals surface area contributed by atoms with Crippen LogP contribution in [0.4, 0.5) is 0 Å². The van der Waals surface area contributed by atoms with E-state index in [0.717, 1.165) is 16.7 Å². The number of hydrogen-bond acceptors (Lipinski definition) is 7. The van der Waals surface area contributed by atoms with Crippen LogP contribution in [0.5, 0.6) is 11.5 Å². The maximum absolute atomic E-state index is 13.6. The Labute approximate surface area is 201 Å². The molecule has 8 heteroatoms. The standard InChI is InChI=1S/C26H26N2O5S/c1-6-33-25(30)22-16(3)27-26-28(23(22)18-10-7-15(2)8-11-18)24(29)21(34-26)14-17-9-12-19(31-4)20(13-17)32-5/h7-14,23H,6H2,1-5H3/b21-14-/t23-/m0/s1. The van der Waals surface area contributed by atoms with Crippen molar-refractivity contribution in [1.29, 1.82) is 0 Å². The molecule has 2 aromatic carbocycles. The van der Waals surface area contributed by atoms with E-state index in [4.69, 9.17) is 14.2 Å². The summed E-state index contributed by atoms with van der Waals surface area (Å²) in [5.74, 6) is 0.709. The molecule has 1 atom stereocenters. The van der Waals surface area contributed by atoms with Crippen molar-refractivity contribution in [1.82, 2.24) is 4.57 Å². The first-order valence-electron chi connectivity index (χ1n) is 10.9. The Morgan fingerprint density at radius 1 is 1.09 bits per heavy atom. The number of aryl methyl sites for hydroxylation is 1. The van der Waals surface area contributed by atoms with Gasteiger partial charge in [0.25, 0.3) is 5.56 Å². The van der Waals surface area contributed by atoms with Crippen molar-refractivity contribution in [2.75, 3.05) is 20.8 Å². The van der Waals surface area contributed by atoms with Gasteiger partial charge in [0.2, 0.25) is 0 Å². The highest BCUT2D eigenvalue weighted by Gasteiger charge is 2.33. The first kappa shape index (κ1) is 23.5. The number of methoxy groups -OCH3 is 2. The highest BCUT2D eigenvalue weighted by atomic mass is 32.1. The van der Waals surface area contributed by atoms with E-state index in [9.17, 15) is 9.59 Å². The molecule has 1 aliphatic rings. The molecule has 0 saturated heterocycles. The number of benzene rings is 2. The Balaban J connectivity index is 1.92. The normalized spacial score (nSPS) is 15.6. The van der Waals surface area contributed by atoms with Gasteiger partial charge in [-0.3, -0.25) is 9.36 Å². The molecule has 0 aliphatic carbocycles. The van der Waals surface area contributed by atoms with Crippen LogP contribution in [0.25, 0.3) is 6.08 Å². The van der Waals surface area contributed by atoms with Gasteiger partial charge in [-0.1, -0.05) is 47.2 Å². The van der Waals surface area contributed by atoms with Gasteiger partial charge in [0, 0.05) is 0 Å². The van der Waals surface area contributed by atoms with Gasteiger partial charge in [0.1, 0.15) is 0 Å². The molecule has 0 saturated carbocycles. The fourth-order valence-corrected chi connectivity index (χ4v) is 5.00. The van der Waals surface area contributed by atoms with Gasteiger partial charge in [0.15, 0.2) is 16.3 Å². The Morgan fingerprint density at radius 2 is 1.79 bits per heavy atom. The van der Waals surface area contributed by atoms with Crippen molar-refractivity contribution in [2.45, 2.75) is 26.8 Å². The van der Waals surface area contributed by atoms with Crippen molar-refractivity contribution < 1.29 is 19.0 Å². The average Bonchev–Trinajstić information content (AvgIpc) is 3.13. The summed E-state index contributed by atoms with van der Waals surface area (Å²) < 4.78 is 18.1. The fourth-order valence-electron chi connectivity index (χ4n) is 3.95. The highest BCUT2D eigenvalue weighted by molar-refractivity contribution is 7.07. The van der Waals surface area contributed by atoms with Crippen molar-refractivity contribution in [2.24, 2.45) is 4.99 Å². The molecule has 0 unspecified atom stereocenters. The third kappa shape index (κ3) is 4.28. The lowest BCUT2D eigenvalue weighted by molar-refractivity contribution is -0.139. The van der Waals surface area contributed by atoms with Gasteiger partial charge in [-0.05, 0) is 50.1 Å². The minimum absolute atomic E-state index is 0.224. The second-order valence-corrected chi connectivity index (χ2v) is 8.84. The molecule has 0 fully saturated rings. The maximum Gasteiger partial charge on any atom is 0.338 e. The number of carbonyl (C=O) groups is 1. The Hall–Kier alpha value is -3.65. The molecule has 3 aromatic rings. The SMILES string of the molecule is CCOC(=O)C1=C(C)N=c2s/c(=C\c3ccc(OC)c(OC)c3)c(=O)n2[C@H]1c1ccc(C)cc1. The zero-order chi connectivity index (χ0) is 24.4. The third-order valence-corrected chi connectivity index (χ3v) is 6.60. The Morgan fingerprint density at radius 3 is 2.44 bits per heavy atom. The number of carbonyl (C=O) groups excluding carboxylic acids is 1. The van der Waals surface area contributed by atoms with Gasteiger partial charge in [0.05, 0.1) is 42.7 Å². The molecule has 0 amide bonds. The minimum atomic E-state index is -0.622. The minimum Gasteiger partial charge on any atom is -0.493 e. The second kappa shape index (κ2) is 9.69. The molecule has 2 heterocycles. The Kier molecular flexibility index (Phi) is 6.70. The highest BCUT2D eigenvalue weighted by Crippen LogP contribution is 2.31. The number of nitrogens with zero attached hydrogens (tertiary/aromatic N) is 2. The number of aromatic nitrogens is 1. The molecule has 1 aromatic heterocycles. The van der Waals surface area contributed by atoms with Crippen LogP contribution in [0.1, 0.15) is 36.6 Å². The monoisotopic (exact) mass is 478 g/mol. The first-order valence-corrected chi connectivity index (χ1v) is 11.7. The number of allylic oxidation sites excluding steroid dienone is 1. The molecule has 0 spiro atoms. The van der Waals surface area contributed by atoms with Crippen molar-refractivity contribution in [3.8, 4) is 11.5 Å². The lowest BCUT2D eigenvalue weighted by Gasteiger charge is -2.24. The smallest absolute Gasteiger partial charge is 0.338 e. The summed E-state index contributed by atoms with van der Waals surface area (Å²) in [6.07, 6.45) is 1.79. The molecule has 34 heavy (non-hydrogen) atoms. The molecule has 0 bridgehead atoms. The summed E-state index contributed by atoms with van der Waals surface area (Å²) in [7, 11) is 3.14.